The zero-order chi connectivity index (χ0) is 19.5. The summed E-state index contributed by atoms with van der Waals surface area (Å²) in [5.74, 6) is 0.103. The number of hydrogen-bond donors (Lipinski definition) is 1. The van der Waals surface area contributed by atoms with Gasteiger partial charge in [-0.15, -0.1) is 0 Å². The summed E-state index contributed by atoms with van der Waals surface area (Å²) in [5, 5.41) is 3.00. The number of sulfonamides is 1. The standard InChI is InChI=1S/C20H26N2O3S/c1-6-26(24,25)22(5)17-12-10-16(11-13-17)20(23)21-19-15(4)8-7-9-18(19)14(2)3/h7-14H,6H2,1-5H3,(H,21,23). The van der Waals surface area contributed by atoms with Crippen molar-refractivity contribution < 1.29 is 13.2 Å². The van der Waals surface area contributed by atoms with Gasteiger partial charge in [-0.2, -0.15) is 0 Å². The predicted molar refractivity (Wildman–Crippen MR) is 108 cm³/mol. The Hall–Kier alpha value is -2.34. The van der Waals surface area contributed by atoms with Crippen LogP contribution in [0.5, 0.6) is 0 Å². The summed E-state index contributed by atoms with van der Waals surface area (Å²) in [6.07, 6.45) is 0. The fourth-order valence-corrected chi connectivity index (χ4v) is 3.54. The van der Waals surface area contributed by atoms with Crippen LogP contribution in [-0.2, 0) is 10.0 Å². The molecular weight excluding hydrogens is 348 g/mol. The molecule has 0 aliphatic carbocycles. The van der Waals surface area contributed by atoms with Crippen LogP contribution in [0.25, 0.3) is 0 Å². The molecule has 5 nitrogen and oxygen atoms in total. The van der Waals surface area contributed by atoms with Crippen molar-refractivity contribution in [3.8, 4) is 0 Å². The van der Waals surface area contributed by atoms with Gasteiger partial charge in [0.05, 0.1) is 11.4 Å². The Bertz CT molecular complexity index is 888. The zero-order valence-corrected chi connectivity index (χ0v) is 16.7. The summed E-state index contributed by atoms with van der Waals surface area (Å²) in [6, 6.07) is 12.5. The molecule has 2 aromatic carbocycles. The van der Waals surface area contributed by atoms with Crippen LogP contribution < -0.4 is 9.62 Å². The van der Waals surface area contributed by atoms with Crippen molar-refractivity contribution >= 4 is 27.3 Å². The lowest BCUT2D eigenvalue weighted by atomic mass is 9.98. The van der Waals surface area contributed by atoms with E-state index in [0.717, 1.165) is 16.8 Å². The Kier molecular flexibility index (Phi) is 6.08. The third kappa shape index (κ3) is 4.25. The van der Waals surface area contributed by atoms with E-state index in [4.69, 9.17) is 0 Å². The van der Waals surface area contributed by atoms with E-state index in [0.29, 0.717) is 17.2 Å². The number of amides is 1. The number of carbonyl (C=O) groups excluding carboxylic acids is 1. The molecule has 1 amide bonds. The van der Waals surface area contributed by atoms with Gasteiger partial charge < -0.3 is 5.32 Å². The Balaban J connectivity index is 2.25. The van der Waals surface area contributed by atoms with Gasteiger partial charge in [0.2, 0.25) is 10.0 Å². The molecule has 0 atom stereocenters. The Morgan fingerprint density at radius 3 is 2.27 bits per heavy atom. The molecule has 1 N–H and O–H groups in total. The van der Waals surface area contributed by atoms with Crippen LogP contribution in [0.4, 0.5) is 11.4 Å². The van der Waals surface area contributed by atoms with Gasteiger partial charge in [0.1, 0.15) is 0 Å². The Morgan fingerprint density at radius 2 is 1.73 bits per heavy atom. The number of hydrogen-bond acceptors (Lipinski definition) is 3. The first-order chi connectivity index (χ1) is 12.2. The quantitative estimate of drug-likeness (QED) is 0.826. The maximum atomic E-state index is 12.6. The maximum absolute atomic E-state index is 12.6. The van der Waals surface area contributed by atoms with Crippen molar-refractivity contribution in [3.05, 3.63) is 59.2 Å². The van der Waals surface area contributed by atoms with Crippen molar-refractivity contribution in [1.29, 1.82) is 0 Å². The van der Waals surface area contributed by atoms with Crippen LogP contribution in [0, 0.1) is 6.92 Å². The second-order valence-electron chi connectivity index (χ2n) is 6.56. The minimum Gasteiger partial charge on any atom is -0.321 e. The van der Waals surface area contributed by atoms with Crippen molar-refractivity contribution in [1.82, 2.24) is 0 Å². The monoisotopic (exact) mass is 374 g/mol. The molecular formula is C20H26N2O3S. The molecule has 26 heavy (non-hydrogen) atoms. The highest BCUT2D eigenvalue weighted by Crippen LogP contribution is 2.28. The number of para-hydroxylation sites is 1. The SMILES string of the molecule is CCS(=O)(=O)N(C)c1ccc(C(=O)Nc2c(C)cccc2C(C)C)cc1. The molecule has 6 heteroatoms. The molecule has 0 fully saturated rings. The normalized spacial score (nSPS) is 11.5. The van der Waals surface area contributed by atoms with Crippen LogP contribution in [-0.4, -0.2) is 27.1 Å². The predicted octanol–water partition coefficient (Wildman–Crippen LogP) is 4.16. The fraction of sp³-hybridized carbons (Fsp3) is 0.350. The van der Waals surface area contributed by atoms with E-state index in [1.54, 1.807) is 31.2 Å². The molecule has 0 unspecified atom stereocenters. The Labute approximate surface area is 156 Å². The Morgan fingerprint density at radius 1 is 1.12 bits per heavy atom. The van der Waals surface area contributed by atoms with E-state index >= 15 is 0 Å². The van der Waals surface area contributed by atoms with Gasteiger partial charge in [-0.1, -0.05) is 32.0 Å². The van der Waals surface area contributed by atoms with Gasteiger partial charge in [0.25, 0.3) is 5.91 Å². The highest BCUT2D eigenvalue weighted by atomic mass is 32.2. The molecule has 0 bridgehead atoms. The number of anilines is 2. The van der Waals surface area contributed by atoms with Gasteiger partial charge in [-0.25, -0.2) is 8.42 Å². The number of aryl methyl sites for hydroxylation is 1. The summed E-state index contributed by atoms with van der Waals surface area (Å²) in [4.78, 5) is 12.6. The first-order valence-electron chi connectivity index (χ1n) is 8.65. The molecule has 0 aliphatic rings. The summed E-state index contributed by atoms with van der Waals surface area (Å²) in [7, 11) is -1.81. The second kappa shape index (κ2) is 7.91. The number of benzene rings is 2. The van der Waals surface area contributed by atoms with Crippen molar-refractivity contribution in [3.63, 3.8) is 0 Å². The number of rotatable bonds is 6. The molecule has 0 spiro atoms. The van der Waals surface area contributed by atoms with Crippen molar-refractivity contribution in [2.45, 2.75) is 33.6 Å². The van der Waals surface area contributed by atoms with Crippen LogP contribution in [0.2, 0.25) is 0 Å². The van der Waals surface area contributed by atoms with Crippen molar-refractivity contribution in [2.24, 2.45) is 0 Å². The zero-order valence-electron chi connectivity index (χ0n) is 15.9. The summed E-state index contributed by atoms with van der Waals surface area (Å²) < 4.78 is 25.1. The van der Waals surface area contributed by atoms with E-state index < -0.39 is 10.0 Å². The van der Waals surface area contributed by atoms with E-state index in [1.165, 1.54) is 11.4 Å². The molecule has 0 aliphatic heterocycles. The molecule has 0 saturated carbocycles. The minimum atomic E-state index is -3.32. The largest absolute Gasteiger partial charge is 0.321 e. The molecule has 2 rings (SSSR count). The molecule has 2 aromatic rings. The maximum Gasteiger partial charge on any atom is 0.255 e. The third-order valence-electron chi connectivity index (χ3n) is 4.44. The van der Waals surface area contributed by atoms with Crippen LogP contribution in [0.1, 0.15) is 48.2 Å². The van der Waals surface area contributed by atoms with E-state index in [9.17, 15) is 13.2 Å². The van der Waals surface area contributed by atoms with Gasteiger partial charge in [-0.3, -0.25) is 9.10 Å². The lowest BCUT2D eigenvalue weighted by Crippen LogP contribution is -2.28. The fourth-order valence-electron chi connectivity index (χ4n) is 2.71. The smallest absolute Gasteiger partial charge is 0.255 e. The lowest BCUT2D eigenvalue weighted by molar-refractivity contribution is 0.102. The van der Waals surface area contributed by atoms with Crippen LogP contribution in [0.3, 0.4) is 0 Å². The van der Waals surface area contributed by atoms with E-state index in [2.05, 4.69) is 19.2 Å². The number of nitrogens with one attached hydrogen (secondary N) is 1. The van der Waals surface area contributed by atoms with Gasteiger partial charge >= 0.3 is 0 Å². The van der Waals surface area contributed by atoms with Crippen LogP contribution in [0.15, 0.2) is 42.5 Å². The van der Waals surface area contributed by atoms with Crippen LogP contribution >= 0.6 is 0 Å². The first-order valence-corrected chi connectivity index (χ1v) is 10.3. The minimum absolute atomic E-state index is 0.0248. The first kappa shape index (κ1) is 20.0. The molecule has 0 heterocycles. The van der Waals surface area contributed by atoms with Gasteiger partial charge in [0.15, 0.2) is 0 Å². The summed E-state index contributed by atoms with van der Waals surface area (Å²) >= 11 is 0. The average molecular weight is 375 g/mol. The lowest BCUT2D eigenvalue weighted by Gasteiger charge is -2.19. The highest BCUT2D eigenvalue weighted by molar-refractivity contribution is 7.92. The summed E-state index contributed by atoms with van der Waals surface area (Å²) in [6.45, 7) is 7.74. The van der Waals surface area contributed by atoms with Gasteiger partial charge in [-0.05, 0) is 55.2 Å². The highest BCUT2D eigenvalue weighted by Gasteiger charge is 2.17. The van der Waals surface area contributed by atoms with Gasteiger partial charge in [0, 0.05) is 18.3 Å². The molecule has 140 valence electrons. The second-order valence-corrected chi connectivity index (χ2v) is 8.85. The van der Waals surface area contributed by atoms with E-state index in [-0.39, 0.29) is 11.7 Å². The molecule has 0 aromatic heterocycles. The number of carbonyl (C=O) groups is 1. The third-order valence-corrected chi connectivity index (χ3v) is 6.22. The molecule has 0 radical (unpaired) electrons. The van der Waals surface area contributed by atoms with E-state index in [1.807, 2.05) is 25.1 Å². The molecule has 0 saturated heterocycles. The topological polar surface area (TPSA) is 66.5 Å². The average Bonchev–Trinajstić information content (AvgIpc) is 2.62. The summed E-state index contributed by atoms with van der Waals surface area (Å²) in [5.41, 5.74) is 3.94. The number of nitrogens with zero attached hydrogens (tertiary/aromatic N) is 1. The van der Waals surface area contributed by atoms with Crippen molar-refractivity contribution in [2.75, 3.05) is 22.4 Å².